The summed E-state index contributed by atoms with van der Waals surface area (Å²) in [4.78, 5) is 4.11. The van der Waals surface area contributed by atoms with E-state index in [2.05, 4.69) is 18.8 Å². The quantitative estimate of drug-likeness (QED) is 0.727. The lowest BCUT2D eigenvalue weighted by atomic mass is 10.2. The molecule has 1 heterocycles. The highest BCUT2D eigenvalue weighted by Crippen LogP contribution is 2.03. The first-order chi connectivity index (χ1) is 6.59. The van der Waals surface area contributed by atoms with Gasteiger partial charge in [-0.15, -0.1) is 0 Å². The van der Waals surface area contributed by atoms with Gasteiger partial charge in [0.25, 0.3) is 0 Å². The van der Waals surface area contributed by atoms with Crippen LogP contribution < -0.4 is 5.73 Å². The summed E-state index contributed by atoms with van der Waals surface area (Å²) in [7, 11) is 0. The molecule has 0 aromatic carbocycles. The Morgan fingerprint density at radius 1 is 1.57 bits per heavy atom. The first kappa shape index (κ1) is 11.0. The van der Waals surface area contributed by atoms with E-state index in [-0.39, 0.29) is 0 Å². The number of ether oxygens (including phenoxy) is 1. The number of anilines is 1. The number of aromatic nitrogens is 2. The van der Waals surface area contributed by atoms with Crippen molar-refractivity contribution in [3.63, 3.8) is 0 Å². The highest BCUT2D eigenvalue weighted by molar-refractivity contribution is 5.20. The molecule has 14 heavy (non-hydrogen) atoms. The summed E-state index contributed by atoms with van der Waals surface area (Å²) in [6.07, 6.45) is 1.94. The third-order valence-corrected chi connectivity index (χ3v) is 1.86. The zero-order valence-electron chi connectivity index (χ0n) is 9.16. The number of imidazole rings is 1. The van der Waals surface area contributed by atoms with Gasteiger partial charge in [-0.2, -0.15) is 0 Å². The number of nitrogens with two attached hydrogens (primary N) is 1. The highest BCUT2D eigenvalue weighted by Gasteiger charge is 2.00. The van der Waals surface area contributed by atoms with Gasteiger partial charge in [0.2, 0.25) is 0 Å². The standard InChI is InChI=1S/C10H19N3O/c1-8(2)7-14-5-4-13-6-9(3)12-10(13)11/h6,8H,4-5,7H2,1-3H3,(H2,11,12). The van der Waals surface area contributed by atoms with Crippen LogP contribution in [0.3, 0.4) is 0 Å². The highest BCUT2D eigenvalue weighted by atomic mass is 16.5. The lowest BCUT2D eigenvalue weighted by Gasteiger charge is -2.07. The molecule has 0 atom stereocenters. The van der Waals surface area contributed by atoms with E-state index in [1.165, 1.54) is 0 Å². The maximum Gasteiger partial charge on any atom is 0.200 e. The largest absolute Gasteiger partial charge is 0.379 e. The number of hydrogen-bond donors (Lipinski definition) is 1. The fraction of sp³-hybridized carbons (Fsp3) is 0.700. The number of aryl methyl sites for hydroxylation is 1. The van der Waals surface area contributed by atoms with Gasteiger partial charge in [-0.25, -0.2) is 4.98 Å². The second-order valence-corrected chi connectivity index (χ2v) is 3.90. The van der Waals surface area contributed by atoms with Crippen molar-refractivity contribution >= 4 is 5.95 Å². The van der Waals surface area contributed by atoms with Gasteiger partial charge in [0, 0.05) is 19.3 Å². The Balaban J connectivity index is 2.28. The number of hydrogen-bond acceptors (Lipinski definition) is 3. The number of nitrogen functional groups attached to an aromatic ring is 1. The minimum absolute atomic E-state index is 0.565. The van der Waals surface area contributed by atoms with Crippen molar-refractivity contribution in [2.24, 2.45) is 5.92 Å². The summed E-state index contributed by atoms with van der Waals surface area (Å²) < 4.78 is 7.37. The average Bonchev–Trinajstić information content (AvgIpc) is 2.39. The molecule has 0 aliphatic heterocycles. The SMILES string of the molecule is Cc1cn(CCOCC(C)C)c(N)n1. The van der Waals surface area contributed by atoms with Crippen molar-refractivity contribution in [3.05, 3.63) is 11.9 Å². The van der Waals surface area contributed by atoms with Crippen LogP contribution in [0.4, 0.5) is 5.95 Å². The Kier molecular flexibility index (Phi) is 3.95. The molecule has 4 nitrogen and oxygen atoms in total. The summed E-state index contributed by atoms with van der Waals surface area (Å²) in [5.74, 6) is 1.15. The minimum Gasteiger partial charge on any atom is -0.379 e. The van der Waals surface area contributed by atoms with Crippen LogP contribution in [0.1, 0.15) is 19.5 Å². The summed E-state index contributed by atoms with van der Waals surface area (Å²) in [6.45, 7) is 8.47. The van der Waals surface area contributed by atoms with E-state index >= 15 is 0 Å². The maximum atomic E-state index is 5.68. The van der Waals surface area contributed by atoms with Gasteiger partial charge in [0.1, 0.15) is 0 Å². The molecule has 0 amide bonds. The molecule has 1 aromatic rings. The fourth-order valence-electron chi connectivity index (χ4n) is 1.23. The van der Waals surface area contributed by atoms with Crippen LogP contribution >= 0.6 is 0 Å². The Morgan fingerprint density at radius 2 is 2.29 bits per heavy atom. The van der Waals surface area contributed by atoms with Gasteiger partial charge >= 0.3 is 0 Å². The molecule has 0 aliphatic carbocycles. The molecule has 80 valence electrons. The van der Waals surface area contributed by atoms with Crippen LogP contribution in [0.25, 0.3) is 0 Å². The van der Waals surface area contributed by atoms with Gasteiger partial charge in [0.05, 0.1) is 12.3 Å². The van der Waals surface area contributed by atoms with Crippen molar-refractivity contribution in [1.29, 1.82) is 0 Å². The Hall–Kier alpha value is -1.03. The smallest absolute Gasteiger partial charge is 0.200 e. The molecule has 1 aromatic heterocycles. The first-order valence-electron chi connectivity index (χ1n) is 4.96. The zero-order valence-corrected chi connectivity index (χ0v) is 9.16. The molecule has 0 saturated carbocycles. The van der Waals surface area contributed by atoms with E-state index in [0.29, 0.717) is 18.5 Å². The van der Waals surface area contributed by atoms with E-state index in [9.17, 15) is 0 Å². The molecule has 1 rings (SSSR count). The number of rotatable bonds is 5. The first-order valence-corrected chi connectivity index (χ1v) is 4.96. The molecular weight excluding hydrogens is 178 g/mol. The summed E-state index contributed by atoms with van der Waals surface area (Å²) >= 11 is 0. The fourth-order valence-corrected chi connectivity index (χ4v) is 1.23. The molecule has 4 heteroatoms. The lowest BCUT2D eigenvalue weighted by Crippen LogP contribution is -2.10. The van der Waals surface area contributed by atoms with Gasteiger partial charge < -0.3 is 15.0 Å². The Bertz CT molecular complexity index is 281. The lowest BCUT2D eigenvalue weighted by molar-refractivity contribution is 0.103. The number of nitrogens with zero attached hydrogens (tertiary/aromatic N) is 2. The van der Waals surface area contributed by atoms with Gasteiger partial charge in [-0.3, -0.25) is 0 Å². The van der Waals surface area contributed by atoms with Crippen LogP contribution in [-0.2, 0) is 11.3 Å². The van der Waals surface area contributed by atoms with Crippen LogP contribution in [0.2, 0.25) is 0 Å². The normalized spacial score (nSPS) is 11.1. The monoisotopic (exact) mass is 197 g/mol. The van der Waals surface area contributed by atoms with Gasteiger partial charge in [-0.1, -0.05) is 13.8 Å². The molecular formula is C10H19N3O. The van der Waals surface area contributed by atoms with E-state index < -0.39 is 0 Å². The van der Waals surface area contributed by atoms with E-state index in [4.69, 9.17) is 10.5 Å². The van der Waals surface area contributed by atoms with Crippen LogP contribution in [0.5, 0.6) is 0 Å². The molecule has 0 saturated heterocycles. The van der Waals surface area contributed by atoms with Crippen LogP contribution in [0, 0.1) is 12.8 Å². The maximum absolute atomic E-state index is 5.68. The van der Waals surface area contributed by atoms with E-state index in [0.717, 1.165) is 18.8 Å². The van der Waals surface area contributed by atoms with Gasteiger partial charge in [0.15, 0.2) is 5.95 Å². The summed E-state index contributed by atoms with van der Waals surface area (Å²) in [5.41, 5.74) is 6.63. The third kappa shape index (κ3) is 3.38. The van der Waals surface area contributed by atoms with Crippen molar-refractivity contribution < 1.29 is 4.74 Å². The zero-order chi connectivity index (χ0) is 10.6. The molecule has 0 spiro atoms. The van der Waals surface area contributed by atoms with Crippen molar-refractivity contribution in [1.82, 2.24) is 9.55 Å². The molecule has 0 unspecified atom stereocenters. The molecule has 0 fully saturated rings. The second-order valence-electron chi connectivity index (χ2n) is 3.90. The average molecular weight is 197 g/mol. The van der Waals surface area contributed by atoms with Crippen LogP contribution in [-0.4, -0.2) is 22.8 Å². The summed E-state index contributed by atoms with van der Waals surface area (Å²) in [6, 6.07) is 0. The predicted octanol–water partition coefficient (Wildman–Crippen LogP) is 1.45. The molecule has 0 radical (unpaired) electrons. The van der Waals surface area contributed by atoms with Crippen molar-refractivity contribution in [3.8, 4) is 0 Å². The van der Waals surface area contributed by atoms with Gasteiger partial charge in [-0.05, 0) is 12.8 Å². The molecule has 2 N–H and O–H groups in total. The third-order valence-electron chi connectivity index (χ3n) is 1.86. The van der Waals surface area contributed by atoms with E-state index in [1.807, 2.05) is 17.7 Å². The molecule has 0 bridgehead atoms. The minimum atomic E-state index is 0.565. The van der Waals surface area contributed by atoms with Crippen molar-refractivity contribution in [2.75, 3.05) is 18.9 Å². The topological polar surface area (TPSA) is 53.1 Å². The Morgan fingerprint density at radius 3 is 2.79 bits per heavy atom. The van der Waals surface area contributed by atoms with Crippen molar-refractivity contribution in [2.45, 2.75) is 27.3 Å². The Labute approximate surface area is 85.1 Å². The summed E-state index contributed by atoms with van der Waals surface area (Å²) in [5, 5.41) is 0. The van der Waals surface area contributed by atoms with E-state index in [1.54, 1.807) is 0 Å². The second kappa shape index (κ2) is 5.00. The predicted molar refractivity (Wildman–Crippen MR) is 57.0 cm³/mol. The molecule has 0 aliphatic rings. The van der Waals surface area contributed by atoms with Crippen LogP contribution in [0.15, 0.2) is 6.20 Å².